The largest absolute Gasteiger partial charge is 0.338 e. The van der Waals surface area contributed by atoms with Crippen LogP contribution in [0.5, 0.6) is 0 Å². The number of nitrogens with one attached hydrogen (secondary N) is 1. The average Bonchev–Trinajstić information content (AvgIpc) is 2.18. The van der Waals surface area contributed by atoms with Gasteiger partial charge in [0.25, 0.3) is 5.91 Å². The number of piperidine rings is 1. The number of hydrogen-bond acceptors (Lipinski definition) is 2. The molecule has 82 valence electrons. The predicted molar refractivity (Wildman–Crippen MR) is 49.3 cm³/mol. The molecule has 0 aliphatic carbocycles. The molecule has 0 bridgehead atoms. The van der Waals surface area contributed by atoms with Gasteiger partial charge in [0.2, 0.25) is 0 Å². The Labute approximate surface area is 82.5 Å². The van der Waals surface area contributed by atoms with E-state index in [0.29, 0.717) is 13.1 Å². The number of hydrogen-bond donors (Lipinski definition) is 1. The highest BCUT2D eigenvalue weighted by atomic mass is 19.3. The van der Waals surface area contributed by atoms with Crippen molar-refractivity contribution in [3.63, 3.8) is 0 Å². The number of carbonyl (C=O) groups is 1. The van der Waals surface area contributed by atoms with Crippen LogP contribution < -0.4 is 5.32 Å². The van der Waals surface area contributed by atoms with Gasteiger partial charge in [-0.2, -0.15) is 8.78 Å². The Kier molecular flexibility index (Phi) is 3.42. The second-order valence-electron chi connectivity index (χ2n) is 3.94. The third kappa shape index (κ3) is 2.41. The second-order valence-corrected chi connectivity index (χ2v) is 3.94. The Hall–Kier alpha value is -0.710. The number of rotatable bonds is 2. The van der Waals surface area contributed by atoms with Gasteiger partial charge in [0.15, 0.2) is 0 Å². The average molecular weight is 206 g/mol. The Balaban J connectivity index is 2.47. The van der Waals surface area contributed by atoms with E-state index in [1.807, 2.05) is 14.0 Å². The van der Waals surface area contributed by atoms with E-state index in [1.54, 1.807) is 0 Å². The molecule has 1 aliphatic rings. The molecule has 0 aromatic rings. The number of amides is 1. The molecule has 0 unspecified atom stereocenters. The Morgan fingerprint density at radius 1 is 1.43 bits per heavy atom. The molecule has 0 spiro atoms. The van der Waals surface area contributed by atoms with Gasteiger partial charge in [0.1, 0.15) is 0 Å². The first-order valence-corrected chi connectivity index (χ1v) is 4.74. The van der Waals surface area contributed by atoms with E-state index >= 15 is 0 Å². The van der Waals surface area contributed by atoms with Crippen LogP contribution in [-0.4, -0.2) is 42.9 Å². The minimum atomic E-state index is -2.87. The fraction of sp³-hybridized carbons (Fsp3) is 0.889. The zero-order chi connectivity index (χ0) is 10.8. The number of alkyl halides is 2. The van der Waals surface area contributed by atoms with Crippen molar-refractivity contribution in [2.45, 2.75) is 31.7 Å². The summed E-state index contributed by atoms with van der Waals surface area (Å²) in [4.78, 5) is 12.2. The van der Waals surface area contributed by atoms with Gasteiger partial charge in [-0.15, -0.1) is 0 Å². The van der Waals surface area contributed by atoms with E-state index in [9.17, 15) is 13.6 Å². The van der Waals surface area contributed by atoms with Crippen LogP contribution in [0.1, 0.15) is 19.8 Å². The summed E-state index contributed by atoms with van der Waals surface area (Å²) in [6.07, 6.45) is -1.42. The Morgan fingerprint density at radius 2 is 1.93 bits per heavy atom. The highest BCUT2D eigenvalue weighted by Gasteiger charge is 2.32. The van der Waals surface area contributed by atoms with Crippen molar-refractivity contribution in [1.29, 1.82) is 0 Å². The van der Waals surface area contributed by atoms with Crippen molar-refractivity contribution >= 4 is 5.91 Å². The minimum Gasteiger partial charge on any atom is -0.338 e. The highest BCUT2D eigenvalue weighted by molar-refractivity contribution is 5.79. The fourth-order valence-corrected chi connectivity index (χ4v) is 1.61. The van der Waals surface area contributed by atoms with Crippen LogP contribution in [-0.2, 0) is 4.79 Å². The number of carbonyl (C=O) groups excluding carboxylic acids is 1. The van der Waals surface area contributed by atoms with Gasteiger partial charge in [-0.25, -0.2) is 0 Å². The molecule has 1 aliphatic heterocycles. The molecule has 1 rings (SSSR count). The van der Waals surface area contributed by atoms with Crippen molar-refractivity contribution in [1.82, 2.24) is 10.2 Å². The third-order valence-electron chi connectivity index (χ3n) is 2.97. The molecule has 1 saturated heterocycles. The Bertz CT molecular complexity index is 213. The zero-order valence-corrected chi connectivity index (χ0v) is 8.52. The van der Waals surface area contributed by atoms with Crippen LogP contribution in [0.3, 0.4) is 0 Å². The summed E-state index contributed by atoms with van der Waals surface area (Å²) in [6, 6.07) is 0. The number of halogens is 2. The van der Waals surface area contributed by atoms with Crippen LogP contribution in [0.4, 0.5) is 8.78 Å². The van der Waals surface area contributed by atoms with Crippen molar-refractivity contribution in [3.05, 3.63) is 0 Å². The summed E-state index contributed by atoms with van der Waals surface area (Å²) >= 11 is 0. The minimum absolute atomic E-state index is 0.0150. The molecule has 5 heteroatoms. The molecule has 14 heavy (non-hydrogen) atoms. The Morgan fingerprint density at radius 3 is 2.29 bits per heavy atom. The van der Waals surface area contributed by atoms with E-state index in [2.05, 4.69) is 5.32 Å². The van der Waals surface area contributed by atoms with Gasteiger partial charge in [0.05, 0.1) is 0 Å². The van der Waals surface area contributed by atoms with Gasteiger partial charge in [0, 0.05) is 18.6 Å². The SMILES string of the molecule is CNC1(C)CCN(C(=O)C(F)F)CC1. The van der Waals surface area contributed by atoms with E-state index in [4.69, 9.17) is 0 Å². The lowest BCUT2D eigenvalue weighted by atomic mass is 9.90. The normalized spacial score (nSPS) is 21.4. The van der Waals surface area contributed by atoms with E-state index in [0.717, 1.165) is 12.8 Å². The van der Waals surface area contributed by atoms with Crippen molar-refractivity contribution in [3.8, 4) is 0 Å². The molecular weight excluding hydrogens is 190 g/mol. The van der Waals surface area contributed by atoms with Gasteiger partial charge in [-0.1, -0.05) is 0 Å². The lowest BCUT2D eigenvalue weighted by molar-refractivity contribution is -0.144. The van der Waals surface area contributed by atoms with E-state index < -0.39 is 12.3 Å². The van der Waals surface area contributed by atoms with Crippen LogP contribution in [0.15, 0.2) is 0 Å². The second kappa shape index (κ2) is 4.21. The molecule has 0 aromatic heterocycles. The number of nitrogens with zero attached hydrogens (tertiary/aromatic N) is 1. The fourth-order valence-electron chi connectivity index (χ4n) is 1.61. The summed E-state index contributed by atoms with van der Waals surface area (Å²) in [7, 11) is 1.85. The third-order valence-corrected chi connectivity index (χ3v) is 2.97. The zero-order valence-electron chi connectivity index (χ0n) is 8.52. The molecule has 1 fully saturated rings. The number of likely N-dealkylation sites (tertiary alicyclic amines) is 1. The van der Waals surface area contributed by atoms with E-state index in [1.165, 1.54) is 4.90 Å². The monoisotopic (exact) mass is 206 g/mol. The highest BCUT2D eigenvalue weighted by Crippen LogP contribution is 2.21. The van der Waals surface area contributed by atoms with Crippen molar-refractivity contribution in [2.24, 2.45) is 0 Å². The molecule has 1 N–H and O–H groups in total. The summed E-state index contributed by atoms with van der Waals surface area (Å²) in [6.45, 7) is 2.87. The smallest absolute Gasteiger partial charge is 0.315 e. The first kappa shape index (κ1) is 11.4. The molecule has 1 amide bonds. The molecule has 0 radical (unpaired) electrons. The predicted octanol–water partition coefficient (Wildman–Crippen LogP) is 0.852. The quantitative estimate of drug-likeness (QED) is 0.726. The van der Waals surface area contributed by atoms with Crippen LogP contribution in [0.2, 0.25) is 0 Å². The lowest BCUT2D eigenvalue weighted by Crippen LogP contribution is -2.52. The molecule has 0 atom stereocenters. The first-order chi connectivity index (χ1) is 6.48. The van der Waals surface area contributed by atoms with Gasteiger partial charge >= 0.3 is 6.43 Å². The van der Waals surface area contributed by atoms with Crippen LogP contribution in [0.25, 0.3) is 0 Å². The molecule has 1 heterocycles. The van der Waals surface area contributed by atoms with Crippen LogP contribution >= 0.6 is 0 Å². The molecule has 0 saturated carbocycles. The van der Waals surface area contributed by atoms with Gasteiger partial charge < -0.3 is 10.2 Å². The molecule has 0 aromatic carbocycles. The molecular formula is C9H16F2N2O. The van der Waals surface area contributed by atoms with Gasteiger partial charge in [-0.3, -0.25) is 4.79 Å². The summed E-state index contributed by atoms with van der Waals surface area (Å²) in [5, 5.41) is 3.14. The summed E-state index contributed by atoms with van der Waals surface area (Å²) < 4.78 is 24.2. The van der Waals surface area contributed by atoms with Crippen molar-refractivity contribution in [2.75, 3.05) is 20.1 Å². The van der Waals surface area contributed by atoms with Crippen LogP contribution in [0, 0.1) is 0 Å². The summed E-state index contributed by atoms with van der Waals surface area (Å²) in [5.74, 6) is -1.04. The topological polar surface area (TPSA) is 32.3 Å². The van der Waals surface area contributed by atoms with Crippen molar-refractivity contribution < 1.29 is 13.6 Å². The maximum atomic E-state index is 12.1. The first-order valence-electron chi connectivity index (χ1n) is 4.74. The lowest BCUT2D eigenvalue weighted by Gasteiger charge is -2.39. The van der Waals surface area contributed by atoms with Gasteiger partial charge in [-0.05, 0) is 26.8 Å². The summed E-state index contributed by atoms with van der Waals surface area (Å²) in [5.41, 5.74) is -0.0150. The maximum absolute atomic E-state index is 12.1. The standard InChI is InChI=1S/C9H16F2N2O/c1-9(12-2)3-5-13(6-4-9)8(14)7(10)11/h7,12H,3-6H2,1-2H3. The molecule has 3 nitrogen and oxygen atoms in total. The maximum Gasteiger partial charge on any atom is 0.315 e. The van der Waals surface area contributed by atoms with E-state index in [-0.39, 0.29) is 5.54 Å².